The van der Waals surface area contributed by atoms with Crippen molar-refractivity contribution in [2.45, 2.75) is 64.5 Å². The molecule has 0 aliphatic carbocycles. The number of amides is 1. The Morgan fingerprint density at radius 3 is 2.23 bits per heavy atom. The highest BCUT2D eigenvalue weighted by Crippen LogP contribution is 2.35. The third kappa shape index (κ3) is 6.36. The summed E-state index contributed by atoms with van der Waals surface area (Å²) >= 11 is 0. The summed E-state index contributed by atoms with van der Waals surface area (Å²) in [7, 11) is 3.32. The smallest absolute Gasteiger partial charge is 0.223 e. The molecular weight excluding hydrogens is 440 g/mol. The van der Waals surface area contributed by atoms with Gasteiger partial charge in [-0.2, -0.15) is 0 Å². The molecule has 1 amide bonds. The van der Waals surface area contributed by atoms with E-state index in [1.165, 1.54) is 31.2 Å². The normalized spacial score (nSPS) is 18.8. The van der Waals surface area contributed by atoms with Gasteiger partial charge >= 0.3 is 0 Å². The number of ether oxygens (including phenoxy) is 3. The van der Waals surface area contributed by atoms with Crippen LogP contribution in [0.1, 0.15) is 57.4 Å². The summed E-state index contributed by atoms with van der Waals surface area (Å²) in [5, 5.41) is 0. The highest BCUT2D eigenvalue weighted by molar-refractivity contribution is 5.92. The molecule has 0 atom stereocenters. The largest absolute Gasteiger partial charge is 0.493 e. The summed E-state index contributed by atoms with van der Waals surface area (Å²) in [6.45, 7) is 6.05. The summed E-state index contributed by atoms with van der Waals surface area (Å²) in [4.78, 5) is 17.4. The molecule has 0 spiro atoms. The fourth-order valence-electron chi connectivity index (χ4n) is 5.39. The maximum absolute atomic E-state index is 12.7. The standard InChI is InChI=1S/C29H40N2O4/c1-22(32)31-16-8-6-4-5-7-15-30(26-13-17-35-18-14-26)21-25-19-23(9-11-27(25)31)24-10-12-28(33-2)29(20-24)34-3/h9-12,19-20,26H,4-8,13-18,21H2,1-3H3. The molecule has 6 heteroatoms. The Morgan fingerprint density at radius 1 is 0.857 bits per heavy atom. The maximum Gasteiger partial charge on any atom is 0.223 e. The van der Waals surface area contributed by atoms with Crippen molar-refractivity contribution in [2.75, 3.05) is 45.4 Å². The first-order valence-electron chi connectivity index (χ1n) is 13.1. The van der Waals surface area contributed by atoms with Crippen molar-refractivity contribution in [3.05, 3.63) is 42.0 Å². The van der Waals surface area contributed by atoms with Crippen LogP contribution in [0.15, 0.2) is 36.4 Å². The van der Waals surface area contributed by atoms with Crippen molar-refractivity contribution in [1.29, 1.82) is 0 Å². The fraction of sp³-hybridized carbons (Fsp3) is 0.552. The molecule has 35 heavy (non-hydrogen) atoms. The van der Waals surface area contributed by atoms with Crippen LogP contribution in [0.4, 0.5) is 5.69 Å². The van der Waals surface area contributed by atoms with E-state index in [2.05, 4.69) is 29.2 Å². The van der Waals surface area contributed by atoms with Gasteiger partial charge in [0.15, 0.2) is 11.5 Å². The molecule has 4 rings (SSSR count). The Morgan fingerprint density at radius 2 is 1.51 bits per heavy atom. The molecule has 0 aromatic heterocycles. The minimum absolute atomic E-state index is 0.111. The van der Waals surface area contributed by atoms with Gasteiger partial charge in [-0.1, -0.05) is 31.4 Å². The minimum Gasteiger partial charge on any atom is -0.493 e. The highest BCUT2D eigenvalue weighted by atomic mass is 16.5. The molecule has 1 fully saturated rings. The molecule has 0 bridgehead atoms. The monoisotopic (exact) mass is 480 g/mol. The third-order valence-electron chi connectivity index (χ3n) is 7.37. The number of carbonyl (C=O) groups excluding carboxylic acids is 1. The first kappa shape index (κ1) is 25.5. The number of rotatable bonds is 4. The number of fused-ring (bicyclic) bond motifs is 1. The fourth-order valence-corrected chi connectivity index (χ4v) is 5.39. The van der Waals surface area contributed by atoms with Crippen LogP contribution in [0.3, 0.4) is 0 Å². The van der Waals surface area contributed by atoms with Gasteiger partial charge in [-0.3, -0.25) is 9.69 Å². The van der Waals surface area contributed by atoms with E-state index in [-0.39, 0.29) is 5.91 Å². The van der Waals surface area contributed by atoms with Crippen molar-refractivity contribution in [3.63, 3.8) is 0 Å². The zero-order chi connectivity index (χ0) is 24.6. The molecule has 6 nitrogen and oxygen atoms in total. The van der Waals surface area contributed by atoms with Gasteiger partial charge in [0.2, 0.25) is 5.91 Å². The average molecular weight is 481 g/mol. The Hall–Kier alpha value is -2.57. The molecule has 2 aliphatic heterocycles. The number of anilines is 1. The zero-order valence-corrected chi connectivity index (χ0v) is 21.6. The van der Waals surface area contributed by atoms with Crippen LogP contribution in [0.25, 0.3) is 11.1 Å². The van der Waals surface area contributed by atoms with E-state index in [0.717, 1.165) is 74.7 Å². The highest BCUT2D eigenvalue weighted by Gasteiger charge is 2.25. The van der Waals surface area contributed by atoms with Gasteiger partial charge in [0.1, 0.15) is 0 Å². The Bertz CT molecular complexity index is 987. The third-order valence-corrected chi connectivity index (χ3v) is 7.37. The second-order valence-electron chi connectivity index (χ2n) is 9.67. The van der Waals surface area contributed by atoms with Crippen LogP contribution in [-0.4, -0.2) is 57.4 Å². The number of nitrogens with zero attached hydrogens (tertiary/aromatic N) is 2. The number of benzene rings is 2. The van der Waals surface area contributed by atoms with E-state index in [9.17, 15) is 4.79 Å². The molecule has 2 aromatic carbocycles. The SMILES string of the molecule is COc1ccc(-c2ccc3c(c2)CN(C2CCOCC2)CCCCCCCN3C(C)=O)cc1OC. The van der Waals surface area contributed by atoms with E-state index in [1.54, 1.807) is 21.1 Å². The van der Waals surface area contributed by atoms with Crippen LogP contribution in [0, 0.1) is 0 Å². The van der Waals surface area contributed by atoms with Gasteiger partial charge in [-0.05, 0) is 73.2 Å². The summed E-state index contributed by atoms with van der Waals surface area (Å²) in [5.41, 5.74) is 4.44. The Labute approximate surface area is 210 Å². The number of carbonyl (C=O) groups is 1. The first-order valence-corrected chi connectivity index (χ1v) is 13.1. The van der Waals surface area contributed by atoms with E-state index in [1.807, 2.05) is 17.0 Å². The van der Waals surface area contributed by atoms with Crippen LogP contribution in [-0.2, 0) is 16.1 Å². The van der Waals surface area contributed by atoms with Crippen LogP contribution in [0.2, 0.25) is 0 Å². The van der Waals surface area contributed by atoms with Gasteiger partial charge in [0, 0.05) is 45.0 Å². The van der Waals surface area contributed by atoms with Crippen molar-refractivity contribution < 1.29 is 19.0 Å². The lowest BCUT2D eigenvalue weighted by molar-refractivity contribution is -0.116. The molecule has 0 unspecified atom stereocenters. The van der Waals surface area contributed by atoms with Crippen molar-refractivity contribution in [2.24, 2.45) is 0 Å². The molecule has 2 aromatic rings. The van der Waals surface area contributed by atoms with Crippen LogP contribution < -0.4 is 14.4 Å². The summed E-state index contributed by atoms with van der Waals surface area (Å²) in [6.07, 6.45) is 8.05. The topological polar surface area (TPSA) is 51.2 Å². The second kappa shape index (κ2) is 12.4. The molecular formula is C29H40N2O4. The quantitative estimate of drug-likeness (QED) is 0.564. The Kier molecular flexibility index (Phi) is 9.05. The van der Waals surface area contributed by atoms with Crippen LogP contribution >= 0.6 is 0 Å². The minimum atomic E-state index is 0.111. The predicted octanol–water partition coefficient (Wildman–Crippen LogP) is 5.67. The van der Waals surface area contributed by atoms with Crippen molar-refractivity contribution in [3.8, 4) is 22.6 Å². The molecule has 2 heterocycles. The summed E-state index contributed by atoms with van der Waals surface area (Å²) in [6, 6.07) is 13.1. The molecule has 1 saturated heterocycles. The molecule has 190 valence electrons. The predicted molar refractivity (Wildman–Crippen MR) is 140 cm³/mol. The number of methoxy groups -OCH3 is 2. The van der Waals surface area contributed by atoms with Gasteiger partial charge in [-0.15, -0.1) is 0 Å². The van der Waals surface area contributed by atoms with E-state index in [4.69, 9.17) is 14.2 Å². The van der Waals surface area contributed by atoms with Gasteiger partial charge in [0.05, 0.1) is 14.2 Å². The number of hydrogen-bond acceptors (Lipinski definition) is 5. The summed E-state index contributed by atoms with van der Waals surface area (Å²) in [5.74, 6) is 1.54. The Balaban J connectivity index is 1.74. The average Bonchev–Trinajstić information content (AvgIpc) is 2.88. The lowest BCUT2D eigenvalue weighted by Gasteiger charge is -2.36. The van der Waals surface area contributed by atoms with Crippen LogP contribution in [0.5, 0.6) is 11.5 Å². The summed E-state index contributed by atoms with van der Waals surface area (Å²) < 4.78 is 16.6. The van der Waals surface area contributed by atoms with E-state index in [0.29, 0.717) is 11.8 Å². The van der Waals surface area contributed by atoms with Gasteiger partial charge in [0.25, 0.3) is 0 Å². The maximum atomic E-state index is 12.7. The molecule has 2 aliphatic rings. The first-order chi connectivity index (χ1) is 17.1. The zero-order valence-electron chi connectivity index (χ0n) is 21.6. The van der Waals surface area contributed by atoms with E-state index >= 15 is 0 Å². The van der Waals surface area contributed by atoms with Gasteiger partial charge < -0.3 is 19.1 Å². The number of hydrogen-bond donors (Lipinski definition) is 0. The lowest BCUT2D eigenvalue weighted by Crippen LogP contribution is -2.40. The van der Waals surface area contributed by atoms with Crippen molar-refractivity contribution in [1.82, 2.24) is 4.90 Å². The van der Waals surface area contributed by atoms with Gasteiger partial charge in [-0.25, -0.2) is 0 Å². The second-order valence-corrected chi connectivity index (χ2v) is 9.67. The molecule has 0 N–H and O–H groups in total. The van der Waals surface area contributed by atoms with Crippen molar-refractivity contribution >= 4 is 11.6 Å². The lowest BCUT2D eigenvalue weighted by atomic mass is 9.98. The molecule has 0 radical (unpaired) electrons. The molecule has 0 saturated carbocycles. The van der Waals surface area contributed by atoms with E-state index < -0.39 is 0 Å².